The van der Waals surface area contributed by atoms with Crippen molar-refractivity contribution >= 4 is 11.0 Å². The zero-order valence-electron chi connectivity index (χ0n) is 11.8. The van der Waals surface area contributed by atoms with Gasteiger partial charge in [-0.1, -0.05) is 6.92 Å². The van der Waals surface area contributed by atoms with Crippen molar-refractivity contribution < 1.29 is 0 Å². The average Bonchev–Trinajstić information content (AvgIpc) is 2.93. The maximum Gasteiger partial charge on any atom is 0.156 e. The maximum absolute atomic E-state index is 4.68. The number of aromatic amines is 1. The molecule has 0 spiro atoms. The fraction of sp³-hybridized carbons (Fsp3) is 0.333. The number of hydrogen-bond acceptors (Lipinski definition) is 2. The first kappa shape index (κ1) is 12.0. The lowest BCUT2D eigenvalue weighted by atomic mass is 10.1. The van der Waals surface area contributed by atoms with Gasteiger partial charge in [0.05, 0.1) is 16.7 Å². The van der Waals surface area contributed by atoms with E-state index in [2.05, 4.69) is 54.0 Å². The Morgan fingerprint density at radius 1 is 1.16 bits per heavy atom. The van der Waals surface area contributed by atoms with E-state index in [9.17, 15) is 0 Å². The van der Waals surface area contributed by atoms with Crippen molar-refractivity contribution in [3.63, 3.8) is 0 Å². The Kier molecular flexibility index (Phi) is 2.66. The Hall–Kier alpha value is -2.10. The molecule has 0 aliphatic carbocycles. The summed E-state index contributed by atoms with van der Waals surface area (Å²) in [5.74, 6) is 0.884. The van der Waals surface area contributed by atoms with Crippen molar-refractivity contribution in [2.24, 2.45) is 7.05 Å². The zero-order chi connectivity index (χ0) is 13.6. The predicted molar refractivity (Wildman–Crippen MR) is 77.1 cm³/mol. The smallest absolute Gasteiger partial charge is 0.156 e. The van der Waals surface area contributed by atoms with E-state index in [0.29, 0.717) is 0 Å². The van der Waals surface area contributed by atoms with Crippen molar-refractivity contribution in [2.45, 2.75) is 27.2 Å². The van der Waals surface area contributed by atoms with Gasteiger partial charge in [0.1, 0.15) is 5.69 Å². The van der Waals surface area contributed by atoms with Gasteiger partial charge in [-0.25, -0.2) is 4.98 Å². The van der Waals surface area contributed by atoms with E-state index in [4.69, 9.17) is 0 Å². The number of aromatic nitrogens is 4. The van der Waals surface area contributed by atoms with Crippen LogP contribution < -0.4 is 0 Å². The molecule has 0 radical (unpaired) electrons. The SMILES string of the molecule is CCc1cc(-c2nc3cc(C)c(C)cc3[nH]2)n(C)n1. The zero-order valence-corrected chi connectivity index (χ0v) is 11.8. The van der Waals surface area contributed by atoms with Crippen LogP contribution in [0.5, 0.6) is 0 Å². The van der Waals surface area contributed by atoms with Gasteiger partial charge in [0.25, 0.3) is 0 Å². The number of nitrogens with zero attached hydrogens (tertiary/aromatic N) is 3. The van der Waals surface area contributed by atoms with Crippen LogP contribution in [0.1, 0.15) is 23.7 Å². The van der Waals surface area contributed by atoms with E-state index < -0.39 is 0 Å². The van der Waals surface area contributed by atoms with E-state index in [1.807, 2.05) is 11.7 Å². The number of hydrogen-bond donors (Lipinski definition) is 1. The molecule has 98 valence electrons. The van der Waals surface area contributed by atoms with Gasteiger partial charge in [-0.15, -0.1) is 0 Å². The van der Waals surface area contributed by atoms with E-state index in [0.717, 1.165) is 34.7 Å². The third-order valence-electron chi connectivity index (χ3n) is 3.63. The minimum absolute atomic E-state index is 0.884. The lowest BCUT2D eigenvalue weighted by Gasteiger charge is -1.97. The monoisotopic (exact) mass is 254 g/mol. The Morgan fingerprint density at radius 2 is 1.89 bits per heavy atom. The summed E-state index contributed by atoms with van der Waals surface area (Å²) in [5.41, 5.74) is 6.76. The number of aryl methyl sites for hydroxylation is 4. The Bertz CT molecular complexity index is 710. The van der Waals surface area contributed by atoms with Crippen LogP contribution in [0.15, 0.2) is 18.2 Å². The number of fused-ring (bicyclic) bond motifs is 1. The molecule has 0 amide bonds. The van der Waals surface area contributed by atoms with Crippen molar-refractivity contribution in [1.82, 2.24) is 19.7 Å². The molecular formula is C15H18N4. The van der Waals surface area contributed by atoms with Gasteiger partial charge < -0.3 is 4.98 Å². The second-order valence-electron chi connectivity index (χ2n) is 5.04. The average molecular weight is 254 g/mol. The summed E-state index contributed by atoms with van der Waals surface area (Å²) in [5, 5.41) is 4.47. The molecule has 3 rings (SSSR count). The molecule has 0 unspecified atom stereocenters. The van der Waals surface area contributed by atoms with E-state index >= 15 is 0 Å². The summed E-state index contributed by atoms with van der Waals surface area (Å²) in [7, 11) is 1.96. The minimum atomic E-state index is 0.884. The highest BCUT2D eigenvalue weighted by Crippen LogP contribution is 2.23. The summed E-state index contributed by atoms with van der Waals surface area (Å²) in [6.45, 7) is 6.34. The van der Waals surface area contributed by atoms with Crippen LogP contribution in [-0.4, -0.2) is 19.7 Å². The van der Waals surface area contributed by atoms with Crippen molar-refractivity contribution in [1.29, 1.82) is 0 Å². The molecule has 19 heavy (non-hydrogen) atoms. The van der Waals surface area contributed by atoms with Crippen molar-refractivity contribution in [2.75, 3.05) is 0 Å². The van der Waals surface area contributed by atoms with Crippen molar-refractivity contribution in [3.05, 3.63) is 35.0 Å². The molecule has 2 heterocycles. The lowest BCUT2D eigenvalue weighted by Crippen LogP contribution is -1.95. The van der Waals surface area contributed by atoms with Gasteiger partial charge in [-0.2, -0.15) is 5.10 Å². The summed E-state index contributed by atoms with van der Waals surface area (Å²) in [6.07, 6.45) is 0.937. The molecule has 4 nitrogen and oxygen atoms in total. The Morgan fingerprint density at radius 3 is 2.58 bits per heavy atom. The van der Waals surface area contributed by atoms with E-state index in [-0.39, 0.29) is 0 Å². The maximum atomic E-state index is 4.68. The first-order valence-corrected chi connectivity index (χ1v) is 6.58. The normalized spacial score (nSPS) is 11.4. The Balaban J connectivity index is 2.17. The largest absolute Gasteiger partial charge is 0.337 e. The van der Waals surface area contributed by atoms with Gasteiger partial charge in [0.15, 0.2) is 5.82 Å². The van der Waals surface area contributed by atoms with Crippen LogP contribution in [0, 0.1) is 13.8 Å². The summed E-state index contributed by atoms with van der Waals surface area (Å²) in [4.78, 5) is 8.06. The molecular weight excluding hydrogens is 236 g/mol. The van der Waals surface area contributed by atoms with Gasteiger partial charge in [-0.3, -0.25) is 4.68 Å². The number of nitrogens with one attached hydrogen (secondary N) is 1. The first-order chi connectivity index (χ1) is 9.08. The molecule has 0 atom stereocenters. The summed E-state index contributed by atoms with van der Waals surface area (Å²) < 4.78 is 1.89. The quantitative estimate of drug-likeness (QED) is 0.763. The molecule has 1 aromatic carbocycles. The molecule has 4 heteroatoms. The number of imidazole rings is 1. The highest BCUT2D eigenvalue weighted by molar-refractivity contribution is 5.80. The number of H-pyrrole nitrogens is 1. The predicted octanol–water partition coefficient (Wildman–Crippen LogP) is 3.14. The molecule has 3 aromatic rings. The lowest BCUT2D eigenvalue weighted by molar-refractivity contribution is 0.749. The highest BCUT2D eigenvalue weighted by atomic mass is 15.3. The van der Waals surface area contributed by atoms with Crippen LogP contribution in [0.4, 0.5) is 0 Å². The minimum Gasteiger partial charge on any atom is -0.337 e. The third-order valence-corrected chi connectivity index (χ3v) is 3.63. The molecule has 0 aliphatic heterocycles. The highest BCUT2D eigenvalue weighted by Gasteiger charge is 2.11. The fourth-order valence-corrected chi connectivity index (χ4v) is 2.31. The van der Waals surface area contributed by atoms with Gasteiger partial charge in [-0.05, 0) is 49.6 Å². The molecule has 1 N–H and O–H groups in total. The van der Waals surface area contributed by atoms with Gasteiger partial charge >= 0.3 is 0 Å². The van der Waals surface area contributed by atoms with Gasteiger partial charge in [0, 0.05) is 7.05 Å². The second kappa shape index (κ2) is 4.23. The fourth-order valence-electron chi connectivity index (χ4n) is 2.31. The van der Waals surface area contributed by atoms with Crippen LogP contribution in [0.25, 0.3) is 22.6 Å². The second-order valence-corrected chi connectivity index (χ2v) is 5.04. The molecule has 0 bridgehead atoms. The Labute approximate surface area is 112 Å². The molecule has 0 saturated carbocycles. The van der Waals surface area contributed by atoms with Gasteiger partial charge in [0.2, 0.25) is 0 Å². The molecule has 2 aromatic heterocycles. The standard InChI is InChI=1S/C15H18N4/c1-5-11-8-14(19(4)18-11)15-16-12-6-9(2)10(3)7-13(12)17-15/h6-8H,5H2,1-4H3,(H,16,17). The summed E-state index contributed by atoms with van der Waals surface area (Å²) >= 11 is 0. The van der Waals surface area contributed by atoms with Crippen LogP contribution >= 0.6 is 0 Å². The molecule has 0 fully saturated rings. The summed E-state index contributed by atoms with van der Waals surface area (Å²) in [6, 6.07) is 6.37. The van der Waals surface area contributed by atoms with Crippen molar-refractivity contribution in [3.8, 4) is 11.5 Å². The topological polar surface area (TPSA) is 46.5 Å². The van der Waals surface area contributed by atoms with Crippen LogP contribution in [0.3, 0.4) is 0 Å². The van der Waals surface area contributed by atoms with E-state index in [1.165, 1.54) is 11.1 Å². The van der Waals surface area contributed by atoms with Crippen LogP contribution in [0.2, 0.25) is 0 Å². The molecule has 0 saturated heterocycles. The third kappa shape index (κ3) is 1.93. The number of benzene rings is 1. The van der Waals surface area contributed by atoms with Crippen LogP contribution in [-0.2, 0) is 13.5 Å². The first-order valence-electron chi connectivity index (χ1n) is 6.58. The van der Waals surface area contributed by atoms with E-state index in [1.54, 1.807) is 0 Å². The number of rotatable bonds is 2. The molecule has 0 aliphatic rings.